The highest BCUT2D eigenvalue weighted by Gasteiger charge is 2.37. The number of sulfonamides is 1. The fourth-order valence-electron chi connectivity index (χ4n) is 1.64. The van der Waals surface area contributed by atoms with Crippen LogP contribution in [-0.2, 0) is 10.0 Å². The molecule has 1 rings (SSSR count). The first kappa shape index (κ1) is 16.8. The van der Waals surface area contributed by atoms with Crippen molar-refractivity contribution in [1.82, 2.24) is 4.31 Å². The maximum atomic E-state index is 12.5. The van der Waals surface area contributed by atoms with Gasteiger partial charge in [-0.05, 0) is 30.2 Å². The first-order chi connectivity index (χ1) is 9.02. The standard InChI is InChI=1S/C12H17F3N2O2S/c1-9(2)7-17(8-12(13,14)15)20(18,19)11-5-3-10(16)4-6-11/h3-6,9H,7-8,16H2,1-2H3. The van der Waals surface area contributed by atoms with Gasteiger partial charge in [-0.1, -0.05) is 13.8 Å². The molecule has 1 aromatic rings. The molecule has 0 saturated carbocycles. The lowest BCUT2D eigenvalue weighted by molar-refractivity contribution is -0.136. The zero-order chi connectivity index (χ0) is 15.6. The second-order valence-corrected chi connectivity index (χ2v) is 6.81. The molecular weight excluding hydrogens is 293 g/mol. The number of alkyl halides is 3. The molecule has 20 heavy (non-hydrogen) atoms. The van der Waals surface area contributed by atoms with Crippen LogP contribution < -0.4 is 5.73 Å². The van der Waals surface area contributed by atoms with E-state index in [2.05, 4.69) is 0 Å². The van der Waals surface area contributed by atoms with Gasteiger partial charge in [-0.15, -0.1) is 0 Å². The van der Waals surface area contributed by atoms with Gasteiger partial charge in [0.2, 0.25) is 10.0 Å². The largest absolute Gasteiger partial charge is 0.402 e. The Hall–Kier alpha value is -1.28. The van der Waals surface area contributed by atoms with E-state index in [-0.39, 0.29) is 17.4 Å². The van der Waals surface area contributed by atoms with E-state index in [1.165, 1.54) is 24.3 Å². The Morgan fingerprint density at radius 3 is 2.10 bits per heavy atom. The number of anilines is 1. The molecule has 1 aromatic carbocycles. The SMILES string of the molecule is CC(C)CN(CC(F)(F)F)S(=O)(=O)c1ccc(N)cc1. The molecule has 0 spiro atoms. The van der Waals surface area contributed by atoms with Crippen molar-refractivity contribution in [3.8, 4) is 0 Å². The second kappa shape index (κ2) is 6.01. The zero-order valence-electron chi connectivity index (χ0n) is 11.2. The van der Waals surface area contributed by atoms with Crippen molar-refractivity contribution < 1.29 is 21.6 Å². The minimum atomic E-state index is -4.59. The molecule has 0 heterocycles. The van der Waals surface area contributed by atoms with E-state index in [1.54, 1.807) is 13.8 Å². The molecule has 8 heteroatoms. The van der Waals surface area contributed by atoms with Crippen molar-refractivity contribution in [3.63, 3.8) is 0 Å². The van der Waals surface area contributed by atoms with Gasteiger partial charge in [-0.2, -0.15) is 17.5 Å². The van der Waals surface area contributed by atoms with Gasteiger partial charge in [0, 0.05) is 12.2 Å². The summed E-state index contributed by atoms with van der Waals surface area (Å²) in [6.07, 6.45) is -4.59. The molecule has 0 saturated heterocycles. The number of hydrogen-bond acceptors (Lipinski definition) is 3. The molecular formula is C12H17F3N2O2S. The smallest absolute Gasteiger partial charge is 0.399 e. The van der Waals surface area contributed by atoms with Crippen LogP contribution in [0.1, 0.15) is 13.8 Å². The lowest BCUT2D eigenvalue weighted by atomic mass is 10.2. The van der Waals surface area contributed by atoms with E-state index in [0.29, 0.717) is 9.99 Å². The molecule has 0 aromatic heterocycles. The Balaban J connectivity index is 3.13. The molecule has 0 fully saturated rings. The second-order valence-electron chi connectivity index (χ2n) is 4.88. The quantitative estimate of drug-likeness (QED) is 0.850. The highest BCUT2D eigenvalue weighted by molar-refractivity contribution is 7.89. The summed E-state index contributed by atoms with van der Waals surface area (Å²) in [7, 11) is -4.19. The molecule has 114 valence electrons. The van der Waals surface area contributed by atoms with Gasteiger partial charge in [0.15, 0.2) is 0 Å². The maximum absolute atomic E-state index is 12.5. The zero-order valence-corrected chi connectivity index (χ0v) is 12.0. The van der Waals surface area contributed by atoms with Crippen LogP contribution in [0.15, 0.2) is 29.2 Å². The maximum Gasteiger partial charge on any atom is 0.402 e. The summed E-state index contributed by atoms with van der Waals surface area (Å²) in [4.78, 5) is -0.198. The van der Waals surface area contributed by atoms with Crippen LogP contribution in [0.3, 0.4) is 0 Å². The average molecular weight is 310 g/mol. The molecule has 0 bridgehead atoms. The van der Waals surface area contributed by atoms with Gasteiger partial charge in [0.05, 0.1) is 4.90 Å². The van der Waals surface area contributed by atoms with Gasteiger partial charge in [0.25, 0.3) is 0 Å². The van der Waals surface area contributed by atoms with Crippen LogP contribution in [0.4, 0.5) is 18.9 Å². The third kappa shape index (κ3) is 4.68. The Morgan fingerprint density at radius 1 is 1.20 bits per heavy atom. The lowest BCUT2D eigenvalue weighted by Crippen LogP contribution is -2.41. The molecule has 0 aliphatic carbocycles. The molecule has 0 aliphatic heterocycles. The highest BCUT2D eigenvalue weighted by atomic mass is 32.2. The predicted molar refractivity (Wildman–Crippen MR) is 70.5 cm³/mol. The van der Waals surface area contributed by atoms with Gasteiger partial charge in [-0.3, -0.25) is 0 Å². The molecule has 0 amide bonds. The number of rotatable bonds is 5. The third-order valence-corrected chi connectivity index (χ3v) is 4.27. The van der Waals surface area contributed by atoms with E-state index >= 15 is 0 Å². The summed E-state index contributed by atoms with van der Waals surface area (Å²) in [6, 6.07) is 5.09. The van der Waals surface area contributed by atoms with Gasteiger partial charge in [-0.25, -0.2) is 8.42 Å². The number of nitrogens with two attached hydrogens (primary N) is 1. The summed E-state index contributed by atoms with van der Waals surface area (Å²) in [5, 5.41) is 0. The average Bonchev–Trinajstić information content (AvgIpc) is 2.26. The molecule has 0 radical (unpaired) electrons. The lowest BCUT2D eigenvalue weighted by Gasteiger charge is -2.25. The normalized spacial score (nSPS) is 13.2. The van der Waals surface area contributed by atoms with Crippen molar-refractivity contribution in [1.29, 1.82) is 0 Å². The Morgan fingerprint density at radius 2 is 1.70 bits per heavy atom. The molecule has 0 aliphatic rings. The van der Waals surface area contributed by atoms with E-state index in [4.69, 9.17) is 5.73 Å². The summed E-state index contributed by atoms with van der Waals surface area (Å²) >= 11 is 0. The molecule has 4 nitrogen and oxygen atoms in total. The topological polar surface area (TPSA) is 63.4 Å². The van der Waals surface area contributed by atoms with E-state index in [0.717, 1.165) is 0 Å². The van der Waals surface area contributed by atoms with Gasteiger partial charge >= 0.3 is 6.18 Å². The van der Waals surface area contributed by atoms with Crippen molar-refractivity contribution >= 4 is 15.7 Å². The monoisotopic (exact) mass is 310 g/mol. The van der Waals surface area contributed by atoms with Gasteiger partial charge in [0.1, 0.15) is 6.54 Å². The summed E-state index contributed by atoms with van der Waals surface area (Å²) in [5.74, 6) is -0.221. The van der Waals surface area contributed by atoms with Crippen LogP contribution in [0.2, 0.25) is 0 Å². The van der Waals surface area contributed by atoms with Crippen LogP contribution in [-0.4, -0.2) is 32.0 Å². The molecule has 2 N–H and O–H groups in total. The van der Waals surface area contributed by atoms with Crippen molar-refractivity contribution in [2.45, 2.75) is 24.9 Å². The minimum absolute atomic E-state index is 0.198. The summed E-state index contributed by atoms with van der Waals surface area (Å²) < 4.78 is 62.6. The third-order valence-electron chi connectivity index (χ3n) is 2.44. The minimum Gasteiger partial charge on any atom is -0.399 e. The fraction of sp³-hybridized carbons (Fsp3) is 0.500. The van der Waals surface area contributed by atoms with Crippen molar-refractivity contribution in [3.05, 3.63) is 24.3 Å². The van der Waals surface area contributed by atoms with Crippen molar-refractivity contribution in [2.24, 2.45) is 5.92 Å². The van der Waals surface area contributed by atoms with E-state index in [1.807, 2.05) is 0 Å². The first-order valence-electron chi connectivity index (χ1n) is 5.95. The Kier molecular flexibility index (Phi) is 5.04. The number of nitrogen functional groups attached to an aromatic ring is 1. The first-order valence-corrected chi connectivity index (χ1v) is 7.39. The van der Waals surface area contributed by atoms with Crippen LogP contribution in [0.25, 0.3) is 0 Å². The van der Waals surface area contributed by atoms with E-state index in [9.17, 15) is 21.6 Å². The number of nitrogens with zero attached hydrogens (tertiary/aromatic N) is 1. The molecule has 0 atom stereocenters. The summed E-state index contributed by atoms with van der Waals surface area (Å²) in [6.45, 7) is 1.61. The van der Waals surface area contributed by atoms with Crippen LogP contribution >= 0.6 is 0 Å². The van der Waals surface area contributed by atoms with Crippen LogP contribution in [0, 0.1) is 5.92 Å². The molecule has 0 unspecified atom stereocenters. The number of hydrogen-bond donors (Lipinski definition) is 1. The summed E-state index contributed by atoms with van der Waals surface area (Å²) in [5.41, 5.74) is 5.78. The Bertz CT molecular complexity index is 539. The number of benzene rings is 1. The van der Waals surface area contributed by atoms with Crippen LogP contribution in [0.5, 0.6) is 0 Å². The Labute approximate surface area is 116 Å². The number of halogens is 3. The highest BCUT2D eigenvalue weighted by Crippen LogP contribution is 2.24. The van der Waals surface area contributed by atoms with Gasteiger partial charge < -0.3 is 5.73 Å². The van der Waals surface area contributed by atoms with Crippen molar-refractivity contribution in [2.75, 3.05) is 18.8 Å². The fourth-order valence-corrected chi connectivity index (χ4v) is 3.23. The predicted octanol–water partition coefficient (Wildman–Crippen LogP) is 2.48. The van der Waals surface area contributed by atoms with E-state index < -0.39 is 22.7 Å².